The fraction of sp³-hybridized carbons (Fsp3) is 0. The molecular weight excluding hydrogens is 262 g/mol. The molecule has 0 aromatic rings. The topological polar surface area (TPSA) is 78.7 Å². The van der Waals surface area contributed by atoms with Crippen molar-refractivity contribution in [3.05, 3.63) is 10.8 Å². The minimum atomic E-state index is 0. The molecule has 0 heterocycles. The van der Waals surface area contributed by atoms with Crippen LogP contribution in [0.1, 0.15) is 0 Å². The first-order chi connectivity index (χ1) is 2.83. The monoisotopic (exact) mass is 262 g/mol. The molecule has 4 nitrogen and oxygen atoms in total. The number of isocyanates is 2. The van der Waals surface area contributed by atoms with Gasteiger partial charge in [-0.15, -0.1) is 0 Å². The van der Waals surface area contributed by atoms with E-state index in [0.717, 1.165) is 0 Å². The molecule has 0 aromatic heterocycles. The Morgan fingerprint density at radius 1 is 0.875 bits per heavy atom. The third kappa shape index (κ3) is 265. The third-order valence-electron chi connectivity index (χ3n) is 0. The van der Waals surface area contributed by atoms with Crippen LogP contribution in [0.3, 0.4) is 0 Å². The van der Waals surface area contributed by atoms with E-state index >= 15 is 0 Å². The van der Waals surface area contributed by atoms with E-state index in [1.165, 1.54) is 0 Å². The van der Waals surface area contributed by atoms with Crippen LogP contribution in [-0.2, 0) is 75.0 Å². The summed E-state index contributed by atoms with van der Waals surface area (Å²) in [5.74, 6) is 0. The van der Waals surface area contributed by atoms with Crippen molar-refractivity contribution < 1.29 is 75.0 Å². The fourth-order valence-corrected chi connectivity index (χ4v) is 0. The van der Waals surface area contributed by atoms with Crippen LogP contribution in [0.4, 0.5) is 0 Å². The first-order valence-electron chi connectivity index (χ1n) is 0.855. The second-order valence-electron chi connectivity index (χ2n) is 0.183. The van der Waals surface area contributed by atoms with Crippen LogP contribution < -0.4 is 0 Å². The van der Waals surface area contributed by atoms with Crippen molar-refractivity contribution in [1.82, 2.24) is 0 Å². The molecule has 6 heteroatoms. The average Bonchev–Trinajstić information content (AvgIpc) is 1.39. The van der Waals surface area contributed by atoms with Crippen LogP contribution >= 0.6 is 0 Å². The van der Waals surface area contributed by atoms with Gasteiger partial charge in [0.25, 0.3) is 0 Å². The summed E-state index contributed by atoms with van der Waals surface area (Å²) in [6.07, 6.45) is 1.00. The van der Waals surface area contributed by atoms with Crippen LogP contribution in [0, 0.1) is 0 Å². The molecule has 0 aliphatic rings. The Hall–Kier alpha value is 0.968. The smallest absolute Gasteiger partial charge is 0 e. The standard InChI is InChI=1S/2CNO.2Y/c2*2-1-3;;/q2*-1;;. The van der Waals surface area contributed by atoms with Crippen molar-refractivity contribution in [1.29, 1.82) is 0 Å². The largest absolute Gasteiger partial charge is 0.724 e. The van der Waals surface area contributed by atoms with Crippen molar-refractivity contribution in [2.24, 2.45) is 0 Å². The van der Waals surface area contributed by atoms with E-state index in [1.54, 1.807) is 0 Å². The number of nitrogens with zero attached hydrogens (tertiary/aromatic N) is 2. The van der Waals surface area contributed by atoms with E-state index in [1.807, 2.05) is 0 Å². The van der Waals surface area contributed by atoms with Crippen molar-refractivity contribution in [2.45, 2.75) is 0 Å². The van der Waals surface area contributed by atoms with Crippen LogP contribution in [0.15, 0.2) is 0 Å². The molecule has 0 unspecified atom stereocenters. The maximum atomic E-state index is 8.24. The number of carbonyl (C=O) groups excluding carboxylic acids is 2. The van der Waals surface area contributed by atoms with Gasteiger partial charge in [0.2, 0.25) is 0 Å². The molecule has 0 atom stereocenters. The van der Waals surface area contributed by atoms with Gasteiger partial charge in [0.1, 0.15) is 0 Å². The van der Waals surface area contributed by atoms with Crippen molar-refractivity contribution in [3.8, 4) is 0 Å². The Balaban J connectivity index is -0.0000000160. The van der Waals surface area contributed by atoms with Crippen LogP contribution in [-0.4, -0.2) is 12.2 Å². The van der Waals surface area contributed by atoms with Gasteiger partial charge in [-0.2, -0.15) is 0 Å². The second kappa shape index (κ2) is 43.9. The molecule has 8 heavy (non-hydrogen) atoms. The summed E-state index contributed by atoms with van der Waals surface area (Å²) in [5, 5.41) is 13.5. The number of hydrogen-bond donors (Lipinski definition) is 0. The second-order valence-corrected chi connectivity index (χ2v) is 0.183. The zero-order chi connectivity index (χ0) is 5.41. The maximum absolute atomic E-state index is 8.24. The first-order valence-corrected chi connectivity index (χ1v) is 0.855. The Morgan fingerprint density at radius 2 is 0.875 bits per heavy atom. The van der Waals surface area contributed by atoms with E-state index in [0.29, 0.717) is 12.2 Å². The fourth-order valence-electron chi connectivity index (χ4n) is 0. The number of rotatable bonds is 0. The van der Waals surface area contributed by atoms with E-state index in [9.17, 15) is 0 Å². The molecule has 0 rings (SSSR count). The normalized spacial score (nSPS) is 2.00. The van der Waals surface area contributed by atoms with Gasteiger partial charge in [-0.1, -0.05) is 0 Å². The van der Waals surface area contributed by atoms with Crippen molar-refractivity contribution in [3.63, 3.8) is 0 Å². The van der Waals surface area contributed by atoms with Gasteiger partial charge in [-0.25, -0.2) is 0 Å². The molecule has 0 aromatic carbocycles. The van der Waals surface area contributed by atoms with Gasteiger partial charge in [0, 0.05) is 65.4 Å². The molecule has 0 spiro atoms. The molecule has 0 bridgehead atoms. The summed E-state index contributed by atoms with van der Waals surface area (Å²) in [6, 6.07) is 0. The molecular formula is C2N2O2Y2-2. The van der Waals surface area contributed by atoms with Crippen molar-refractivity contribution in [2.75, 3.05) is 0 Å². The molecule has 0 amide bonds. The maximum Gasteiger partial charge on any atom is 0 e. The van der Waals surface area contributed by atoms with Gasteiger partial charge in [-0.3, -0.25) is 9.59 Å². The minimum Gasteiger partial charge on any atom is -0.724 e. The number of hydrogen-bond acceptors (Lipinski definition) is 2. The van der Waals surface area contributed by atoms with E-state index in [-0.39, 0.29) is 65.4 Å². The third-order valence-corrected chi connectivity index (χ3v) is 0. The first kappa shape index (κ1) is 23.1. The molecule has 0 fully saturated rings. The summed E-state index contributed by atoms with van der Waals surface area (Å²) in [6.45, 7) is 0. The molecule has 0 N–H and O–H groups in total. The summed E-state index contributed by atoms with van der Waals surface area (Å²) in [7, 11) is 0. The summed E-state index contributed by atoms with van der Waals surface area (Å²) >= 11 is 0. The van der Waals surface area contributed by atoms with Gasteiger partial charge in [0.15, 0.2) is 0 Å². The molecule has 38 valence electrons. The average molecular weight is 262 g/mol. The SMILES string of the molecule is [N-]=C=O.[N-]=C=O.[Y].[Y]. The molecule has 0 saturated heterocycles. The van der Waals surface area contributed by atoms with Gasteiger partial charge >= 0.3 is 0 Å². The van der Waals surface area contributed by atoms with Crippen LogP contribution in [0.25, 0.3) is 10.8 Å². The zero-order valence-electron chi connectivity index (χ0n) is 3.87. The quantitative estimate of drug-likeness (QED) is 0.446. The molecule has 0 aliphatic carbocycles. The van der Waals surface area contributed by atoms with Crippen LogP contribution in [0.2, 0.25) is 0 Å². The molecule has 2 radical (unpaired) electrons. The predicted molar refractivity (Wildman–Crippen MR) is 18.1 cm³/mol. The van der Waals surface area contributed by atoms with Gasteiger partial charge < -0.3 is 10.8 Å². The Bertz CT molecular complexity index is 70.0. The molecule has 0 saturated carbocycles. The molecule has 0 aliphatic heterocycles. The van der Waals surface area contributed by atoms with Crippen molar-refractivity contribution >= 4 is 12.2 Å². The Morgan fingerprint density at radius 3 is 0.875 bits per heavy atom. The van der Waals surface area contributed by atoms with Gasteiger partial charge in [0.05, 0.1) is 0 Å². The minimum absolute atomic E-state index is 0. The van der Waals surface area contributed by atoms with E-state index < -0.39 is 0 Å². The van der Waals surface area contributed by atoms with E-state index in [2.05, 4.69) is 0 Å². The predicted octanol–water partition coefficient (Wildman–Crippen LogP) is -0.222. The Kier molecular flexibility index (Phi) is 127. The zero-order valence-corrected chi connectivity index (χ0v) is 9.54. The van der Waals surface area contributed by atoms with Crippen LogP contribution in [0.5, 0.6) is 0 Å². The summed E-state index contributed by atoms with van der Waals surface area (Å²) in [4.78, 5) is 16.5. The Labute approximate surface area is 96.6 Å². The summed E-state index contributed by atoms with van der Waals surface area (Å²) < 4.78 is 0. The van der Waals surface area contributed by atoms with Gasteiger partial charge in [-0.05, 0) is 12.2 Å². The summed E-state index contributed by atoms with van der Waals surface area (Å²) in [5.41, 5.74) is 0. The van der Waals surface area contributed by atoms with E-state index in [4.69, 9.17) is 20.4 Å².